The molecule has 1 aromatic heterocycles. The van der Waals surface area contributed by atoms with Crippen molar-refractivity contribution in [1.82, 2.24) is 0 Å². The standard InChI is InChI=1S/C10H14O2S2/c1-12-9-3-2-8(14-9)10(11)7-4-5-13-6-7/h2-3,7,10-11H,4-6H2,1H3. The van der Waals surface area contributed by atoms with Crippen molar-refractivity contribution in [2.45, 2.75) is 12.5 Å². The Kier molecular flexibility index (Phi) is 3.36. The molecule has 0 aromatic carbocycles. The molecule has 1 N–H and O–H groups in total. The van der Waals surface area contributed by atoms with Crippen LogP contribution in [-0.2, 0) is 0 Å². The van der Waals surface area contributed by atoms with E-state index in [4.69, 9.17) is 4.74 Å². The molecule has 2 nitrogen and oxygen atoms in total. The van der Waals surface area contributed by atoms with E-state index < -0.39 is 0 Å². The van der Waals surface area contributed by atoms with E-state index in [-0.39, 0.29) is 6.10 Å². The summed E-state index contributed by atoms with van der Waals surface area (Å²) in [6.45, 7) is 0. The van der Waals surface area contributed by atoms with Crippen molar-refractivity contribution in [1.29, 1.82) is 0 Å². The zero-order valence-corrected chi connectivity index (χ0v) is 9.74. The SMILES string of the molecule is COc1ccc(C(O)C2CCSC2)s1. The predicted molar refractivity (Wildman–Crippen MR) is 61.3 cm³/mol. The molecule has 0 saturated carbocycles. The van der Waals surface area contributed by atoms with Gasteiger partial charge in [0.05, 0.1) is 13.2 Å². The van der Waals surface area contributed by atoms with Gasteiger partial charge in [-0.1, -0.05) is 0 Å². The molecule has 2 atom stereocenters. The van der Waals surface area contributed by atoms with Crippen LogP contribution < -0.4 is 4.74 Å². The van der Waals surface area contributed by atoms with Gasteiger partial charge >= 0.3 is 0 Å². The second kappa shape index (κ2) is 4.55. The lowest BCUT2D eigenvalue weighted by Crippen LogP contribution is -2.10. The number of aliphatic hydroxyl groups excluding tert-OH is 1. The molecule has 4 heteroatoms. The van der Waals surface area contributed by atoms with E-state index >= 15 is 0 Å². The zero-order chi connectivity index (χ0) is 9.97. The number of hydrogen-bond donors (Lipinski definition) is 1. The first kappa shape index (κ1) is 10.3. The van der Waals surface area contributed by atoms with Gasteiger partial charge in [0.25, 0.3) is 0 Å². The Morgan fingerprint density at radius 2 is 2.43 bits per heavy atom. The molecule has 1 aliphatic heterocycles. The van der Waals surface area contributed by atoms with Gasteiger partial charge in [-0.25, -0.2) is 0 Å². The average molecular weight is 230 g/mol. The quantitative estimate of drug-likeness (QED) is 0.865. The molecule has 0 bridgehead atoms. The van der Waals surface area contributed by atoms with Crippen molar-refractivity contribution in [3.05, 3.63) is 17.0 Å². The second-order valence-electron chi connectivity index (χ2n) is 3.43. The molecule has 0 amide bonds. The highest BCUT2D eigenvalue weighted by Gasteiger charge is 2.25. The van der Waals surface area contributed by atoms with Crippen LogP contribution in [0.25, 0.3) is 0 Å². The third-order valence-corrected chi connectivity index (χ3v) is 4.81. The van der Waals surface area contributed by atoms with Crippen molar-refractivity contribution in [3.8, 4) is 5.06 Å². The van der Waals surface area contributed by atoms with E-state index in [0.29, 0.717) is 5.92 Å². The molecule has 1 fully saturated rings. The van der Waals surface area contributed by atoms with E-state index in [1.54, 1.807) is 18.4 Å². The molecular formula is C10H14O2S2. The van der Waals surface area contributed by atoms with E-state index in [1.165, 1.54) is 5.75 Å². The van der Waals surface area contributed by atoms with Crippen molar-refractivity contribution in [2.75, 3.05) is 18.6 Å². The van der Waals surface area contributed by atoms with Crippen molar-refractivity contribution < 1.29 is 9.84 Å². The number of methoxy groups -OCH3 is 1. The van der Waals surface area contributed by atoms with Crippen molar-refractivity contribution in [2.24, 2.45) is 5.92 Å². The van der Waals surface area contributed by atoms with E-state index in [9.17, 15) is 5.11 Å². The third kappa shape index (κ3) is 2.07. The van der Waals surface area contributed by atoms with Crippen molar-refractivity contribution in [3.63, 3.8) is 0 Å². The number of hydrogen-bond acceptors (Lipinski definition) is 4. The second-order valence-corrected chi connectivity index (χ2v) is 5.66. The summed E-state index contributed by atoms with van der Waals surface area (Å²) in [6, 6.07) is 3.89. The molecule has 1 aliphatic rings. The van der Waals surface area contributed by atoms with Gasteiger partial charge in [0.1, 0.15) is 0 Å². The molecule has 1 aromatic rings. The maximum Gasteiger partial charge on any atom is 0.173 e. The Morgan fingerprint density at radius 3 is 3.00 bits per heavy atom. The molecule has 2 rings (SSSR count). The van der Waals surface area contributed by atoms with Crippen LogP contribution >= 0.6 is 23.1 Å². The minimum absolute atomic E-state index is 0.293. The molecule has 0 radical (unpaired) electrons. The molecule has 2 unspecified atom stereocenters. The Hall–Kier alpha value is -0.190. The van der Waals surface area contributed by atoms with Crippen LogP contribution in [0.2, 0.25) is 0 Å². The van der Waals surface area contributed by atoms with Crippen LogP contribution in [0.1, 0.15) is 17.4 Å². The summed E-state index contributed by atoms with van der Waals surface area (Å²) in [6.07, 6.45) is 0.838. The Labute approximate surface area is 92.3 Å². The van der Waals surface area contributed by atoms with E-state index in [0.717, 1.165) is 22.1 Å². The van der Waals surface area contributed by atoms with Crippen LogP contribution in [0.5, 0.6) is 5.06 Å². The predicted octanol–water partition coefficient (Wildman–Crippen LogP) is 2.54. The zero-order valence-electron chi connectivity index (χ0n) is 8.10. The summed E-state index contributed by atoms with van der Waals surface area (Å²) in [4.78, 5) is 1.04. The first-order chi connectivity index (χ1) is 6.81. The number of rotatable bonds is 3. The lowest BCUT2D eigenvalue weighted by atomic mass is 10.0. The molecule has 2 heterocycles. The fourth-order valence-corrected chi connectivity index (χ4v) is 3.83. The number of ether oxygens (including phenoxy) is 1. The summed E-state index contributed by atoms with van der Waals surface area (Å²) >= 11 is 3.48. The van der Waals surface area contributed by atoms with Gasteiger partial charge in [0.2, 0.25) is 0 Å². The van der Waals surface area contributed by atoms with Gasteiger partial charge in [-0.15, -0.1) is 11.3 Å². The van der Waals surface area contributed by atoms with Crippen LogP contribution in [0.3, 0.4) is 0 Å². The Balaban J connectivity index is 2.05. The highest BCUT2D eigenvalue weighted by Crippen LogP contribution is 2.38. The fraction of sp³-hybridized carbons (Fsp3) is 0.600. The molecule has 1 saturated heterocycles. The minimum atomic E-state index is -0.293. The minimum Gasteiger partial charge on any atom is -0.487 e. The van der Waals surface area contributed by atoms with Crippen LogP contribution in [0.4, 0.5) is 0 Å². The highest BCUT2D eigenvalue weighted by molar-refractivity contribution is 7.99. The maximum atomic E-state index is 10.1. The summed E-state index contributed by atoms with van der Waals surface area (Å²) in [5, 5.41) is 11.0. The van der Waals surface area contributed by atoms with E-state index in [2.05, 4.69) is 0 Å². The lowest BCUT2D eigenvalue weighted by Gasteiger charge is -2.14. The van der Waals surface area contributed by atoms with Gasteiger partial charge in [0, 0.05) is 4.88 Å². The average Bonchev–Trinajstić information content (AvgIpc) is 2.88. The normalized spacial score (nSPS) is 23.7. The summed E-state index contributed by atoms with van der Waals surface area (Å²) in [5.74, 6) is 2.70. The summed E-state index contributed by atoms with van der Waals surface area (Å²) < 4.78 is 5.11. The number of thioether (sulfide) groups is 1. The molecule has 14 heavy (non-hydrogen) atoms. The van der Waals surface area contributed by atoms with Crippen molar-refractivity contribution >= 4 is 23.1 Å². The first-order valence-corrected chi connectivity index (χ1v) is 6.68. The van der Waals surface area contributed by atoms with Gasteiger partial charge in [-0.2, -0.15) is 11.8 Å². The monoisotopic (exact) mass is 230 g/mol. The largest absolute Gasteiger partial charge is 0.487 e. The Morgan fingerprint density at radius 1 is 1.57 bits per heavy atom. The van der Waals surface area contributed by atoms with Gasteiger partial charge in [-0.05, 0) is 36.0 Å². The number of aliphatic hydroxyl groups is 1. The summed E-state index contributed by atoms with van der Waals surface area (Å²) in [7, 11) is 1.66. The van der Waals surface area contributed by atoms with E-state index in [1.807, 2.05) is 23.9 Å². The third-order valence-electron chi connectivity index (χ3n) is 2.51. The first-order valence-electron chi connectivity index (χ1n) is 4.71. The molecule has 78 valence electrons. The van der Waals surface area contributed by atoms with Crippen LogP contribution in [0.15, 0.2) is 12.1 Å². The maximum absolute atomic E-state index is 10.1. The lowest BCUT2D eigenvalue weighted by molar-refractivity contribution is 0.125. The van der Waals surface area contributed by atoms with Gasteiger partial charge in [-0.3, -0.25) is 0 Å². The van der Waals surface area contributed by atoms with Gasteiger partial charge in [0.15, 0.2) is 5.06 Å². The fourth-order valence-electron chi connectivity index (χ4n) is 1.64. The molecule has 0 aliphatic carbocycles. The number of thiophene rings is 1. The molecular weight excluding hydrogens is 216 g/mol. The Bertz CT molecular complexity index is 292. The van der Waals surface area contributed by atoms with Gasteiger partial charge < -0.3 is 9.84 Å². The highest BCUT2D eigenvalue weighted by atomic mass is 32.2. The summed E-state index contributed by atoms with van der Waals surface area (Å²) in [5.41, 5.74) is 0. The topological polar surface area (TPSA) is 29.5 Å². The molecule has 0 spiro atoms. The van der Waals surface area contributed by atoms with Crippen LogP contribution in [0, 0.1) is 5.92 Å². The smallest absolute Gasteiger partial charge is 0.173 e. The van der Waals surface area contributed by atoms with Crippen LogP contribution in [-0.4, -0.2) is 23.7 Å².